The van der Waals surface area contributed by atoms with Gasteiger partial charge in [-0.1, -0.05) is 82.9 Å². The zero-order valence-corrected chi connectivity index (χ0v) is 18.1. The summed E-state index contributed by atoms with van der Waals surface area (Å²) in [4.78, 5) is 0.0610. The number of hydrogen-bond donors (Lipinski definition) is 2. The lowest BCUT2D eigenvalue weighted by molar-refractivity contribution is 0.481. The van der Waals surface area contributed by atoms with E-state index in [1.807, 2.05) is 6.07 Å². The second kappa shape index (κ2) is 14.1. The Hall–Kier alpha value is -0.960. The predicted molar refractivity (Wildman–Crippen MR) is 109 cm³/mol. The van der Waals surface area contributed by atoms with Gasteiger partial charge >= 0.3 is 0 Å². The maximum absolute atomic E-state index is 11.3. The number of aryl methyl sites for hydroxylation is 1. The van der Waals surface area contributed by atoms with Crippen LogP contribution >= 0.6 is 0 Å². The molecule has 8 heteroatoms. The molecule has 0 radical (unpaired) electrons. The molecule has 1 rings (SSSR count). The Labute approximate surface area is 164 Å². The van der Waals surface area contributed by atoms with Crippen LogP contribution in [0.4, 0.5) is 0 Å². The summed E-state index contributed by atoms with van der Waals surface area (Å²) in [5.74, 6) is 0. The first kappa shape index (κ1) is 26.0. The summed E-state index contributed by atoms with van der Waals surface area (Å²) in [6.45, 7) is 2.24. The highest BCUT2D eigenvalue weighted by Crippen LogP contribution is 2.18. The van der Waals surface area contributed by atoms with E-state index in [9.17, 15) is 21.4 Å². The first-order chi connectivity index (χ1) is 12.6. The fourth-order valence-electron chi connectivity index (χ4n) is 2.76. The van der Waals surface area contributed by atoms with Crippen molar-refractivity contribution in [1.29, 1.82) is 0 Å². The van der Waals surface area contributed by atoms with E-state index in [1.165, 1.54) is 57.4 Å². The van der Waals surface area contributed by atoms with Crippen molar-refractivity contribution in [1.82, 2.24) is 0 Å². The molecule has 1 aromatic carbocycles. The largest absolute Gasteiger partial charge is 0.294 e. The van der Waals surface area contributed by atoms with E-state index >= 15 is 0 Å². The molecule has 0 bridgehead atoms. The summed E-state index contributed by atoms with van der Waals surface area (Å²) in [6.07, 6.45) is 14.0. The third kappa shape index (κ3) is 16.9. The standard InChI is InChI=1S/C18H30O3S.CH4O3S/c1-2-3-4-5-6-7-8-9-10-11-14-17-15-12-13-16-18(17)22(19,20)21;1-5(2,3)4/h12-13,15-16H,2-11,14H2,1H3,(H,19,20,21);1H3,(H,2,3,4). The molecule has 2 N–H and O–H groups in total. The average molecular weight is 423 g/mol. The van der Waals surface area contributed by atoms with Gasteiger partial charge in [-0.15, -0.1) is 0 Å². The van der Waals surface area contributed by atoms with Crippen molar-refractivity contribution >= 4 is 20.2 Å². The van der Waals surface area contributed by atoms with E-state index in [4.69, 9.17) is 4.55 Å². The third-order valence-corrected chi connectivity index (χ3v) is 5.00. The molecule has 0 spiro atoms. The Morgan fingerprint density at radius 2 is 1.15 bits per heavy atom. The van der Waals surface area contributed by atoms with Crippen molar-refractivity contribution in [2.45, 2.75) is 82.4 Å². The molecule has 0 aliphatic heterocycles. The van der Waals surface area contributed by atoms with Gasteiger partial charge in [0.1, 0.15) is 0 Å². The number of rotatable bonds is 12. The van der Waals surface area contributed by atoms with Crippen LogP contribution in [0.25, 0.3) is 0 Å². The van der Waals surface area contributed by atoms with Gasteiger partial charge in [-0.05, 0) is 24.5 Å². The van der Waals surface area contributed by atoms with Gasteiger partial charge in [-0.3, -0.25) is 9.11 Å². The molecule has 158 valence electrons. The van der Waals surface area contributed by atoms with Gasteiger partial charge in [0.05, 0.1) is 11.2 Å². The lowest BCUT2D eigenvalue weighted by Crippen LogP contribution is -2.03. The van der Waals surface area contributed by atoms with Gasteiger partial charge in [0.25, 0.3) is 20.2 Å². The van der Waals surface area contributed by atoms with Crippen molar-refractivity contribution in [3.63, 3.8) is 0 Å². The van der Waals surface area contributed by atoms with Gasteiger partial charge in [-0.25, -0.2) is 0 Å². The smallest absolute Gasteiger partial charge is 0.286 e. The molecule has 6 nitrogen and oxygen atoms in total. The normalized spacial score (nSPS) is 11.7. The highest BCUT2D eigenvalue weighted by molar-refractivity contribution is 7.86. The zero-order valence-electron chi connectivity index (χ0n) is 16.4. The molecular weight excluding hydrogens is 388 g/mol. The Morgan fingerprint density at radius 3 is 1.59 bits per heavy atom. The topological polar surface area (TPSA) is 109 Å². The van der Waals surface area contributed by atoms with Gasteiger partial charge < -0.3 is 0 Å². The summed E-state index contributed by atoms with van der Waals surface area (Å²) < 4.78 is 57.7. The van der Waals surface area contributed by atoms with E-state index in [-0.39, 0.29) is 4.90 Å². The van der Waals surface area contributed by atoms with Crippen LogP contribution in [0.5, 0.6) is 0 Å². The minimum atomic E-state index is -4.10. The van der Waals surface area contributed by atoms with Crippen LogP contribution in [0.3, 0.4) is 0 Å². The van der Waals surface area contributed by atoms with Crippen LogP contribution in [0.15, 0.2) is 29.2 Å². The van der Waals surface area contributed by atoms with Gasteiger partial charge in [0.15, 0.2) is 0 Å². The van der Waals surface area contributed by atoms with E-state index in [1.54, 1.807) is 12.1 Å². The zero-order chi connectivity index (χ0) is 20.8. The van der Waals surface area contributed by atoms with Crippen LogP contribution in [0.2, 0.25) is 0 Å². The lowest BCUT2D eigenvalue weighted by Gasteiger charge is -2.07. The molecule has 0 aliphatic carbocycles. The van der Waals surface area contributed by atoms with Crippen LogP contribution < -0.4 is 0 Å². The number of benzene rings is 1. The van der Waals surface area contributed by atoms with Crippen LogP contribution in [-0.2, 0) is 26.7 Å². The highest BCUT2D eigenvalue weighted by atomic mass is 32.2. The number of unbranched alkanes of at least 4 members (excludes halogenated alkanes) is 9. The SMILES string of the molecule is CCCCCCCCCCCCc1ccccc1S(=O)(=O)O.CS(=O)(=O)O. The monoisotopic (exact) mass is 422 g/mol. The van der Waals surface area contributed by atoms with Crippen molar-refractivity contribution < 1.29 is 25.9 Å². The second-order valence-electron chi connectivity index (χ2n) is 6.75. The Kier molecular flexibility index (Phi) is 13.6. The highest BCUT2D eigenvalue weighted by Gasteiger charge is 2.13. The minimum Gasteiger partial charge on any atom is -0.286 e. The van der Waals surface area contributed by atoms with Gasteiger partial charge in [0.2, 0.25) is 0 Å². The molecule has 0 atom stereocenters. The van der Waals surface area contributed by atoms with Crippen LogP contribution in [-0.4, -0.2) is 32.2 Å². The molecule has 0 unspecified atom stereocenters. The average Bonchev–Trinajstić information content (AvgIpc) is 2.54. The van der Waals surface area contributed by atoms with Gasteiger partial charge in [0, 0.05) is 0 Å². The van der Waals surface area contributed by atoms with Crippen molar-refractivity contribution in [2.75, 3.05) is 6.26 Å². The third-order valence-electron chi connectivity index (χ3n) is 4.05. The van der Waals surface area contributed by atoms with Crippen molar-refractivity contribution in [2.24, 2.45) is 0 Å². The Balaban J connectivity index is 0.00000119. The molecule has 0 aliphatic rings. The van der Waals surface area contributed by atoms with Gasteiger partial charge in [-0.2, -0.15) is 16.8 Å². The van der Waals surface area contributed by atoms with Crippen LogP contribution in [0, 0.1) is 0 Å². The maximum atomic E-state index is 11.3. The number of hydrogen-bond acceptors (Lipinski definition) is 4. The molecule has 0 fully saturated rings. The summed E-state index contributed by atoms with van der Waals surface area (Å²) in [5.41, 5.74) is 0.726. The fraction of sp³-hybridized carbons (Fsp3) is 0.684. The molecule has 0 heterocycles. The van der Waals surface area contributed by atoms with Crippen molar-refractivity contribution in [3.8, 4) is 0 Å². The fourth-order valence-corrected chi connectivity index (χ4v) is 3.52. The van der Waals surface area contributed by atoms with E-state index in [0.717, 1.165) is 18.4 Å². The molecule has 0 amide bonds. The summed E-state index contributed by atoms with van der Waals surface area (Å²) in [7, 11) is -7.76. The van der Waals surface area contributed by atoms with Crippen LogP contribution in [0.1, 0.15) is 76.7 Å². The Morgan fingerprint density at radius 1 is 0.741 bits per heavy atom. The second-order valence-corrected chi connectivity index (χ2v) is 9.60. The molecule has 0 saturated heterocycles. The summed E-state index contributed by atoms with van der Waals surface area (Å²) in [5, 5.41) is 0. The summed E-state index contributed by atoms with van der Waals surface area (Å²) in [6, 6.07) is 6.73. The molecule has 27 heavy (non-hydrogen) atoms. The minimum absolute atomic E-state index is 0.0610. The Bertz CT molecular complexity index is 703. The molecular formula is C19H34O6S2. The molecule has 1 aromatic rings. The van der Waals surface area contributed by atoms with E-state index in [0.29, 0.717) is 12.7 Å². The summed E-state index contributed by atoms with van der Waals surface area (Å²) >= 11 is 0. The predicted octanol–water partition coefficient (Wildman–Crippen LogP) is 4.90. The van der Waals surface area contributed by atoms with E-state index < -0.39 is 20.2 Å². The van der Waals surface area contributed by atoms with Crippen molar-refractivity contribution in [3.05, 3.63) is 29.8 Å². The maximum Gasteiger partial charge on any atom is 0.294 e. The lowest BCUT2D eigenvalue weighted by atomic mass is 10.0. The molecule has 0 aromatic heterocycles. The quantitative estimate of drug-likeness (QED) is 0.366. The first-order valence-corrected chi connectivity index (χ1v) is 12.8. The molecule has 0 saturated carbocycles. The van der Waals surface area contributed by atoms with E-state index in [2.05, 4.69) is 6.92 Å². The first-order valence-electron chi connectivity index (χ1n) is 9.53.